The Morgan fingerprint density at radius 1 is 1.41 bits per heavy atom. The van der Waals surface area contributed by atoms with Crippen molar-refractivity contribution < 1.29 is 4.79 Å². The minimum atomic E-state index is 0.0704. The first kappa shape index (κ1) is 12.1. The van der Waals surface area contributed by atoms with Gasteiger partial charge in [0.1, 0.15) is 0 Å². The van der Waals surface area contributed by atoms with Crippen molar-refractivity contribution >= 4 is 5.91 Å². The molecule has 0 aliphatic heterocycles. The van der Waals surface area contributed by atoms with E-state index in [1.165, 1.54) is 11.1 Å². The van der Waals surface area contributed by atoms with Crippen LogP contribution in [0.5, 0.6) is 0 Å². The van der Waals surface area contributed by atoms with Crippen LogP contribution in [0, 0.1) is 5.92 Å². The zero-order valence-electron chi connectivity index (χ0n) is 10.5. The Morgan fingerprint density at radius 3 is 2.94 bits per heavy atom. The normalized spacial score (nSPS) is 22.9. The lowest BCUT2D eigenvalue weighted by atomic mass is 9.80. The molecule has 0 aromatic heterocycles. The second-order valence-corrected chi connectivity index (χ2v) is 4.79. The molecule has 3 nitrogen and oxygen atoms in total. The maximum Gasteiger partial charge on any atom is 0.234 e. The minimum absolute atomic E-state index is 0.0704. The first-order chi connectivity index (χ1) is 8.22. The predicted molar refractivity (Wildman–Crippen MR) is 68.7 cm³/mol. The van der Waals surface area contributed by atoms with E-state index < -0.39 is 0 Å². The molecule has 1 aromatic carbocycles. The monoisotopic (exact) mass is 232 g/mol. The molecule has 2 rings (SSSR count). The SMILES string of the molecule is CNCC(=O)NC1c2ccccc2CCC1C. The van der Waals surface area contributed by atoms with Crippen LogP contribution in [-0.2, 0) is 11.2 Å². The van der Waals surface area contributed by atoms with Gasteiger partial charge in [-0.15, -0.1) is 0 Å². The number of nitrogens with one attached hydrogen (secondary N) is 2. The van der Waals surface area contributed by atoms with E-state index in [0.717, 1.165) is 12.8 Å². The van der Waals surface area contributed by atoms with Crippen LogP contribution in [0.1, 0.15) is 30.5 Å². The lowest BCUT2D eigenvalue weighted by Gasteiger charge is -2.32. The second kappa shape index (κ2) is 5.32. The number of rotatable bonds is 3. The number of hydrogen-bond acceptors (Lipinski definition) is 2. The van der Waals surface area contributed by atoms with Gasteiger partial charge in [-0.1, -0.05) is 31.2 Å². The quantitative estimate of drug-likeness (QED) is 0.832. The van der Waals surface area contributed by atoms with E-state index in [-0.39, 0.29) is 11.9 Å². The molecule has 92 valence electrons. The van der Waals surface area contributed by atoms with E-state index in [9.17, 15) is 4.79 Å². The van der Waals surface area contributed by atoms with Crippen LogP contribution in [0.2, 0.25) is 0 Å². The third kappa shape index (κ3) is 2.67. The van der Waals surface area contributed by atoms with Crippen molar-refractivity contribution in [1.29, 1.82) is 0 Å². The number of carbonyl (C=O) groups is 1. The molecule has 0 saturated heterocycles. The topological polar surface area (TPSA) is 41.1 Å². The minimum Gasteiger partial charge on any atom is -0.348 e. The Morgan fingerprint density at radius 2 is 2.18 bits per heavy atom. The number of aryl methyl sites for hydroxylation is 1. The molecule has 0 saturated carbocycles. The van der Waals surface area contributed by atoms with Gasteiger partial charge in [-0.25, -0.2) is 0 Å². The van der Waals surface area contributed by atoms with Gasteiger partial charge in [-0.3, -0.25) is 4.79 Å². The molecule has 0 radical (unpaired) electrons. The van der Waals surface area contributed by atoms with E-state index in [2.05, 4.69) is 35.8 Å². The molecular weight excluding hydrogens is 212 g/mol. The van der Waals surface area contributed by atoms with Gasteiger partial charge in [0.2, 0.25) is 5.91 Å². The van der Waals surface area contributed by atoms with E-state index in [1.807, 2.05) is 6.07 Å². The van der Waals surface area contributed by atoms with Crippen LogP contribution in [0.25, 0.3) is 0 Å². The molecule has 1 aliphatic carbocycles. The van der Waals surface area contributed by atoms with Crippen LogP contribution >= 0.6 is 0 Å². The van der Waals surface area contributed by atoms with Crippen LogP contribution in [0.4, 0.5) is 0 Å². The fourth-order valence-electron chi connectivity index (χ4n) is 2.53. The van der Waals surface area contributed by atoms with E-state index in [0.29, 0.717) is 12.5 Å². The third-order valence-corrected chi connectivity index (χ3v) is 3.48. The van der Waals surface area contributed by atoms with Gasteiger partial charge < -0.3 is 10.6 Å². The summed E-state index contributed by atoms with van der Waals surface area (Å²) in [4.78, 5) is 11.7. The van der Waals surface area contributed by atoms with Crippen molar-refractivity contribution in [2.75, 3.05) is 13.6 Å². The molecular formula is C14H20N2O. The van der Waals surface area contributed by atoms with Gasteiger partial charge in [0.05, 0.1) is 12.6 Å². The van der Waals surface area contributed by atoms with Gasteiger partial charge in [0, 0.05) is 0 Å². The fraction of sp³-hybridized carbons (Fsp3) is 0.500. The number of fused-ring (bicyclic) bond motifs is 1. The molecule has 2 atom stereocenters. The van der Waals surface area contributed by atoms with Crippen LogP contribution in [0.15, 0.2) is 24.3 Å². The molecule has 3 heteroatoms. The van der Waals surface area contributed by atoms with Crippen molar-refractivity contribution in [3.05, 3.63) is 35.4 Å². The molecule has 0 bridgehead atoms. The summed E-state index contributed by atoms with van der Waals surface area (Å²) in [5.41, 5.74) is 2.66. The van der Waals surface area contributed by atoms with E-state index in [1.54, 1.807) is 7.05 Å². The van der Waals surface area contributed by atoms with Crippen molar-refractivity contribution in [2.45, 2.75) is 25.8 Å². The average Bonchev–Trinajstić information content (AvgIpc) is 2.33. The Kier molecular flexibility index (Phi) is 3.79. The number of likely N-dealkylation sites (N-methyl/N-ethyl adjacent to an activating group) is 1. The van der Waals surface area contributed by atoms with Crippen molar-refractivity contribution in [1.82, 2.24) is 10.6 Å². The molecule has 0 fully saturated rings. The summed E-state index contributed by atoms with van der Waals surface area (Å²) in [6.07, 6.45) is 2.26. The zero-order valence-corrected chi connectivity index (χ0v) is 10.5. The standard InChI is InChI=1S/C14H20N2O/c1-10-7-8-11-5-3-4-6-12(11)14(10)16-13(17)9-15-2/h3-6,10,14-15H,7-9H2,1-2H3,(H,16,17). The molecule has 0 spiro atoms. The first-order valence-electron chi connectivity index (χ1n) is 6.24. The maximum atomic E-state index is 11.7. The summed E-state index contributed by atoms with van der Waals surface area (Å²) in [5.74, 6) is 0.576. The number of carbonyl (C=O) groups excluding carboxylic acids is 1. The van der Waals surface area contributed by atoms with Crippen LogP contribution in [-0.4, -0.2) is 19.5 Å². The highest BCUT2D eigenvalue weighted by Crippen LogP contribution is 2.33. The third-order valence-electron chi connectivity index (χ3n) is 3.48. The molecule has 1 amide bonds. The molecule has 1 aliphatic rings. The Bertz CT molecular complexity index is 403. The fourth-order valence-corrected chi connectivity index (χ4v) is 2.53. The van der Waals surface area contributed by atoms with Crippen molar-refractivity contribution in [3.8, 4) is 0 Å². The summed E-state index contributed by atoms with van der Waals surface area (Å²) in [7, 11) is 1.79. The van der Waals surface area contributed by atoms with Gasteiger partial charge in [-0.05, 0) is 36.9 Å². The lowest BCUT2D eigenvalue weighted by molar-refractivity contribution is -0.121. The van der Waals surface area contributed by atoms with E-state index in [4.69, 9.17) is 0 Å². The number of hydrogen-bond donors (Lipinski definition) is 2. The Balaban J connectivity index is 2.18. The molecule has 2 N–H and O–H groups in total. The highest BCUT2D eigenvalue weighted by Gasteiger charge is 2.27. The average molecular weight is 232 g/mol. The number of amides is 1. The van der Waals surface area contributed by atoms with Crippen LogP contribution in [0.3, 0.4) is 0 Å². The van der Waals surface area contributed by atoms with Crippen molar-refractivity contribution in [3.63, 3.8) is 0 Å². The largest absolute Gasteiger partial charge is 0.348 e. The molecule has 17 heavy (non-hydrogen) atoms. The highest BCUT2D eigenvalue weighted by atomic mass is 16.1. The predicted octanol–water partition coefficient (Wildman–Crippen LogP) is 1.65. The van der Waals surface area contributed by atoms with Gasteiger partial charge in [-0.2, -0.15) is 0 Å². The summed E-state index contributed by atoms with van der Waals surface area (Å²) in [5, 5.41) is 6.01. The zero-order chi connectivity index (χ0) is 12.3. The number of benzene rings is 1. The Labute approximate surface area is 103 Å². The summed E-state index contributed by atoms with van der Waals surface area (Å²) in [6.45, 7) is 2.59. The highest BCUT2D eigenvalue weighted by molar-refractivity contribution is 5.78. The molecule has 1 aromatic rings. The summed E-state index contributed by atoms with van der Waals surface area (Å²) in [6, 6.07) is 8.59. The summed E-state index contributed by atoms with van der Waals surface area (Å²) >= 11 is 0. The summed E-state index contributed by atoms with van der Waals surface area (Å²) < 4.78 is 0. The molecule has 0 heterocycles. The lowest BCUT2D eigenvalue weighted by Crippen LogP contribution is -2.39. The first-order valence-corrected chi connectivity index (χ1v) is 6.24. The van der Waals surface area contributed by atoms with Crippen molar-refractivity contribution in [2.24, 2.45) is 5.92 Å². The smallest absolute Gasteiger partial charge is 0.234 e. The van der Waals surface area contributed by atoms with E-state index >= 15 is 0 Å². The molecule has 2 unspecified atom stereocenters. The van der Waals surface area contributed by atoms with Gasteiger partial charge >= 0.3 is 0 Å². The van der Waals surface area contributed by atoms with Gasteiger partial charge in [0.25, 0.3) is 0 Å². The maximum absolute atomic E-state index is 11.7. The Hall–Kier alpha value is -1.35. The second-order valence-electron chi connectivity index (χ2n) is 4.79. The van der Waals surface area contributed by atoms with Gasteiger partial charge in [0.15, 0.2) is 0 Å². The van der Waals surface area contributed by atoms with Crippen LogP contribution < -0.4 is 10.6 Å².